The van der Waals surface area contributed by atoms with Gasteiger partial charge in [0.1, 0.15) is 0 Å². The summed E-state index contributed by atoms with van der Waals surface area (Å²) in [5, 5.41) is 7.09. The molecule has 2 fully saturated rings. The maximum atomic E-state index is 13.6. The molecule has 2 atom stereocenters. The molecule has 180 valence electrons. The Balaban J connectivity index is 1.34. The molecule has 7 nitrogen and oxygen atoms in total. The molecular formula is C26H31N3O4S. The lowest BCUT2D eigenvalue weighted by atomic mass is 9.93. The molecule has 1 N–H and O–H groups in total. The second-order valence-corrected chi connectivity index (χ2v) is 10.8. The zero-order chi connectivity index (χ0) is 23.9. The second-order valence-electron chi connectivity index (χ2n) is 10.1. The van der Waals surface area contributed by atoms with Crippen LogP contribution in [0.15, 0.2) is 35.0 Å². The molecule has 3 aliphatic rings. The molecule has 0 unspecified atom stereocenters. The SMILES string of the molecule is CC1(C)C[C@@H](N2C(=O)c3cccc(N4CCC[C@H](C(=O)NCc5ccsc5)C4)c3C2=O)CCO1. The van der Waals surface area contributed by atoms with Gasteiger partial charge in [-0.25, -0.2) is 0 Å². The number of rotatable bonds is 5. The fraction of sp³-hybridized carbons (Fsp3) is 0.500. The second kappa shape index (κ2) is 9.15. The lowest BCUT2D eigenvalue weighted by Gasteiger charge is -2.39. The number of piperidine rings is 1. The Morgan fingerprint density at radius 2 is 2.06 bits per heavy atom. The predicted octanol–water partition coefficient (Wildman–Crippen LogP) is 3.83. The number of hydrogen-bond acceptors (Lipinski definition) is 6. The average Bonchev–Trinajstić information content (AvgIpc) is 3.43. The van der Waals surface area contributed by atoms with E-state index in [-0.39, 0.29) is 35.3 Å². The van der Waals surface area contributed by atoms with Gasteiger partial charge in [0.05, 0.1) is 28.3 Å². The first-order valence-electron chi connectivity index (χ1n) is 12.0. The van der Waals surface area contributed by atoms with Crippen molar-refractivity contribution in [2.24, 2.45) is 5.92 Å². The average molecular weight is 482 g/mol. The van der Waals surface area contributed by atoms with Crippen LogP contribution in [-0.2, 0) is 16.1 Å². The minimum Gasteiger partial charge on any atom is -0.375 e. The molecule has 1 aromatic carbocycles. The number of amides is 3. The van der Waals surface area contributed by atoms with Gasteiger partial charge < -0.3 is 15.0 Å². The van der Waals surface area contributed by atoms with Gasteiger partial charge in [-0.05, 0) is 74.1 Å². The van der Waals surface area contributed by atoms with Crippen LogP contribution in [0.25, 0.3) is 0 Å². The van der Waals surface area contributed by atoms with Crippen molar-refractivity contribution in [2.45, 2.75) is 57.7 Å². The first-order chi connectivity index (χ1) is 16.3. The Bertz CT molecular complexity index is 1100. The first kappa shape index (κ1) is 23.1. The highest BCUT2D eigenvalue weighted by Gasteiger charge is 2.45. The van der Waals surface area contributed by atoms with Crippen LogP contribution in [0.3, 0.4) is 0 Å². The van der Waals surface area contributed by atoms with Gasteiger partial charge in [0.15, 0.2) is 0 Å². The molecule has 2 saturated heterocycles. The molecule has 8 heteroatoms. The lowest BCUT2D eigenvalue weighted by molar-refractivity contribution is -0.125. The number of carbonyl (C=O) groups excluding carboxylic acids is 3. The summed E-state index contributed by atoms with van der Waals surface area (Å²) in [5.41, 5.74) is 2.46. The molecule has 4 heterocycles. The van der Waals surface area contributed by atoms with Crippen LogP contribution >= 0.6 is 11.3 Å². The quantitative estimate of drug-likeness (QED) is 0.657. The summed E-state index contributed by atoms with van der Waals surface area (Å²) in [7, 11) is 0. The third-order valence-corrected chi connectivity index (χ3v) is 7.87. The van der Waals surface area contributed by atoms with Crippen LogP contribution in [0.1, 0.15) is 65.8 Å². The Hall–Kier alpha value is -2.71. The number of fused-ring (bicyclic) bond motifs is 1. The number of anilines is 1. The highest BCUT2D eigenvalue weighted by atomic mass is 32.1. The molecule has 0 saturated carbocycles. The lowest BCUT2D eigenvalue weighted by Crippen LogP contribution is -2.48. The van der Waals surface area contributed by atoms with E-state index >= 15 is 0 Å². The first-order valence-corrected chi connectivity index (χ1v) is 13.0. The molecule has 0 radical (unpaired) electrons. The highest BCUT2D eigenvalue weighted by Crippen LogP contribution is 2.38. The zero-order valence-electron chi connectivity index (χ0n) is 19.7. The number of carbonyl (C=O) groups is 3. The number of imide groups is 1. The maximum Gasteiger partial charge on any atom is 0.263 e. The van der Waals surface area contributed by atoms with E-state index in [1.54, 1.807) is 17.4 Å². The van der Waals surface area contributed by atoms with Crippen LogP contribution in [0.2, 0.25) is 0 Å². The number of hydrogen-bond donors (Lipinski definition) is 1. The summed E-state index contributed by atoms with van der Waals surface area (Å²) in [6, 6.07) is 7.35. The Morgan fingerprint density at radius 3 is 2.82 bits per heavy atom. The zero-order valence-corrected chi connectivity index (χ0v) is 20.5. The van der Waals surface area contributed by atoms with Gasteiger partial charge in [-0.15, -0.1) is 0 Å². The topological polar surface area (TPSA) is 79.0 Å². The fourth-order valence-corrected chi connectivity index (χ4v) is 6.11. The molecule has 0 bridgehead atoms. The van der Waals surface area contributed by atoms with Crippen molar-refractivity contribution in [3.8, 4) is 0 Å². The monoisotopic (exact) mass is 481 g/mol. The normalized spacial score (nSPS) is 24.3. The molecule has 5 rings (SSSR count). The van der Waals surface area contributed by atoms with Gasteiger partial charge in [-0.3, -0.25) is 19.3 Å². The van der Waals surface area contributed by atoms with E-state index < -0.39 is 0 Å². The predicted molar refractivity (Wildman–Crippen MR) is 131 cm³/mol. The molecule has 34 heavy (non-hydrogen) atoms. The van der Waals surface area contributed by atoms with E-state index in [0.29, 0.717) is 43.7 Å². The number of thiophene rings is 1. The van der Waals surface area contributed by atoms with Gasteiger partial charge in [0.25, 0.3) is 11.8 Å². The van der Waals surface area contributed by atoms with E-state index in [9.17, 15) is 14.4 Å². The third kappa shape index (κ3) is 4.36. The standard InChI is InChI=1S/C26H31N3O4S/c1-26(2)13-19(8-11-33-26)29-24(31)20-6-3-7-21(22(20)25(29)32)28-10-4-5-18(15-28)23(30)27-14-17-9-12-34-16-17/h3,6-7,9,12,16,18-19H,4-5,8,10-11,13-15H2,1-2H3,(H,27,30)/t18-,19-/m0/s1. The molecule has 0 spiro atoms. The van der Waals surface area contributed by atoms with Crippen molar-refractivity contribution < 1.29 is 19.1 Å². The van der Waals surface area contributed by atoms with Crippen LogP contribution < -0.4 is 10.2 Å². The number of nitrogens with one attached hydrogen (secondary N) is 1. The Kier molecular flexibility index (Phi) is 6.20. The summed E-state index contributed by atoms with van der Waals surface area (Å²) >= 11 is 1.62. The number of nitrogens with zero attached hydrogens (tertiary/aromatic N) is 2. The van der Waals surface area contributed by atoms with Crippen LogP contribution in [0.5, 0.6) is 0 Å². The Labute approximate surface area is 204 Å². The molecule has 3 amide bonds. The summed E-state index contributed by atoms with van der Waals surface area (Å²) in [6.45, 7) is 6.36. The summed E-state index contributed by atoms with van der Waals surface area (Å²) < 4.78 is 5.80. The summed E-state index contributed by atoms with van der Waals surface area (Å²) in [4.78, 5) is 43.3. The highest BCUT2D eigenvalue weighted by molar-refractivity contribution is 7.07. The van der Waals surface area contributed by atoms with Gasteiger partial charge in [-0.2, -0.15) is 11.3 Å². The smallest absolute Gasteiger partial charge is 0.263 e. The number of ether oxygens (including phenoxy) is 1. The van der Waals surface area contributed by atoms with Crippen molar-refractivity contribution in [2.75, 3.05) is 24.6 Å². The van der Waals surface area contributed by atoms with E-state index in [1.165, 1.54) is 4.90 Å². The largest absolute Gasteiger partial charge is 0.375 e. The van der Waals surface area contributed by atoms with E-state index in [2.05, 4.69) is 10.2 Å². The van der Waals surface area contributed by atoms with Crippen molar-refractivity contribution in [3.63, 3.8) is 0 Å². The minimum atomic E-state index is -0.364. The van der Waals surface area contributed by atoms with Crippen molar-refractivity contribution in [3.05, 3.63) is 51.7 Å². The summed E-state index contributed by atoms with van der Waals surface area (Å²) in [6.07, 6.45) is 2.96. The third-order valence-electron chi connectivity index (χ3n) is 7.14. The molecular weight excluding hydrogens is 450 g/mol. The molecule has 1 aromatic heterocycles. The number of benzene rings is 1. The van der Waals surface area contributed by atoms with Gasteiger partial charge in [-0.1, -0.05) is 6.07 Å². The van der Waals surface area contributed by atoms with Crippen LogP contribution in [-0.4, -0.2) is 54.0 Å². The maximum absolute atomic E-state index is 13.6. The van der Waals surface area contributed by atoms with E-state index in [0.717, 1.165) is 30.6 Å². The van der Waals surface area contributed by atoms with Crippen LogP contribution in [0.4, 0.5) is 5.69 Å². The van der Waals surface area contributed by atoms with Gasteiger partial charge in [0, 0.05) is 32.3 Å². The van der Waals surface area contributed by atoms with Crippen LogP contribution in [0, 0.1) is 5.92 Å². The molecule has 0 aliphatic carbocycles. The minimum absolute atomic E-state index is 0.0388. The molecule has 3 aliphatic heterocycles. The van der Waals surface area contributed by atoms with Gasteiger partial charge >= 0.3 is 0 Å². The molecule has 2 aromatic rings. The van der Waals surface area contributed by atoms with E-state index in [1.807, 2.05) is 42.8 Å². The van der Waals surface area contributed by atoms with E-state index in [4.69, 9.17) is 4.74 Å². The Morgan fingerprint density at radius 1 is 1.21 bits per heavy atom. The van der Waals surface area contributed by atoms with Crippen molar-refractivity contribution >= 4 is 34.7 Å². The van der Waals surface area contributed by atoms with Crippen molar-refractivity contribution in [1.82, 2.24) is 10.2 Å². The van der Waals surface area contributed by atoms with Crippen molar-refractivity contribution in [1.29, 1.82) is 0 Å². The van der Waals surface area contributed by atoms with Gasteiger partial charge in [0.2, 0.25) is 5.91 Å². The summed E-state index contributed by atoms with van der Waals surface area (Å²) in [5.74, 6) is -0.547. The fourth-order valence-electron chi connectivity index (χ4n) is 5.44.